The molecule has 0 bridgehead atoms. The second kappa shape index (κ2) is 8.02. The Morgan fingerprint density at radius 2 is 1.78 bits per heavy atom. The van der Waals surface area contributed by atoms with E-state index < -0.39 is 0 Å². The van der Waals surface area contributed by atoms with Crippen molar-refractivity contribution in [3.05, 3.63) is 64.7 Å². The van der Waals surface area contributed by atoms with Crippen molar-refractivity contribution in [3.63, 3.8) is 0 Å². The number of benzene rings is 2. The highest BCUT2D eigenvalue weighted by atomic mass is 35.5. The molecule has 23 heavy (non-hydrogen) atoms. The number of carbonyl (C=O) groups excluding carboxylic acids is 1. The van der Waals surface area contributed by atoms with Crippen LogP contribution in [0.15, 0.2) is 48.5 Å². The SMILES string of the molecule is COc1ccccc1CNC(=O)[C@@H](c1ccc(Cl)cc1)C(C)C. The van der Waals surface area contributed by atoms with Gasteiger partial charge in [0.25, 0.3) is 0 Å². The van der Waals surface area contributed by atoms with E-state index in [1.165, 1.54) is 0 Å². The summed E-state index contributed by atoms with van der Waals surface area (Å²) in [5.74, 6) is 0.768. The molecule has 0 fully saturated rings. The predicted octanol–water partition coefficient (Wildman–Crippen LogP) is 4.40. The summed E-state index contributed by atoms with van der Waals surface area (Å²) in [5, 5.41) is 3.69. The van der Waals surface area contributed by atoms with Crippen molar-refractivity contribution in [2.24, 2.45) is 5.92 Å². The lowest BCUT2D eigenvalue weighted by atomic mass is 9.87. The summed E-state index contributed by atoms with van der Waals surface area (Å²) in [5.41, 5.74) is 1.93. The third-order valence-electron chi connectivity index (χ3n) is 3.82. The van der Waals surface area contributed by atoms with Crippen LogP contribution in [-0.4, -0.2) is 13.0 Å². The first-order valence-electron chi connectivity index (χ1n) is 7.68. The summed E-state index contributed by atoms with van der Waals surface area (Å²) < 4.78 is 5.32. The van der Waals surface area contributed by atoms with E-state index in [4.69, 9.17) is 16.3 Å². The van der Waals surface area contributed by atoms with Gasteiger partial charge in [0, 0.05) is 17.1 Å². The number of ether oxygens (including phenoxy) is 1. The molecule has 0 aliphatic heterocycles. The monoisotopic (exact) mass is 331 g/mol. The van der Waals surface area contributed by atoms with Gasteiger partial charge in [0.05, 0.1) is 13.0 Å². The third-order valence-corrected chi connectivity index (χ3v) is 4.08. The summed E-state index contributed by atoms with van der Waals surface area (Å²) in [4.78, 5) is 12.7. The topological polar surface area (TPSA) is 38.3 Å². The highest BCUT2D eigenvalue weighted by molar-refractivity contribution is 6.30. The van der Waals surface area contributed by atoms with E-state index in [2.05, 4.69) is 5.32 Å². The van der Waals surface area contributed by atoms with Crippen LogP contribution in [0, 0.1) is 5.92 Å². The normalized spacial score (nSPS) is 12.0. The first-order valence-corrected chi connectivity index (χ1v) is 8.05. The van der Waals surface area contributed by atoms with E-state index in [9.17, 15) is 4.79 Å². The van der Waals surface area contributed by atoms with Crippen LogP contribution in [0.1, 0.15) is 30.9 Å². The lowest BCUT2D eigenvalue weighted by Crippen LogP contribution is -2.31. The number of methoxy groups -OCH3 is 1. The van der Waals surface area contributed by atoms with Gasteiger partial charge in [-0.1, -0.05) is 55.8 Å². The number of amides is 1. The van der Waals surface area contributed by atoms with Crippen molar-refractivity contribution in [2.75, 3.05) is 7.11 Å². The molecule has 2 rings (SSSR count). The molecule has 1 N–H and O–H groups in total. The third kappa shape index (κ3) is 4.49. The molecule has 0 spiro atoms. The Bertz CT molecular complexity index is 653. The van der Waals surface area contributed by atoms with E-state index >= 15 is 0 Å². The molecule has 0 radical (unpaired) electrons. The Balaban J connectivity index is 2.11. The maximum atomic E-state index is 12.7. The fourth-order valence-corrected chi connectivity index (χ4v) is 2.78. The maximum absolute atomic E-state index is 12.7. The maximum Gasteiger partial charge on any atom is 0.228 e. The molecule has 3 nitrogen and oxygen atoms in total. The van der Waals surface area contributed by atoms with Crippen LogP contribution in [0.25, 0.3) is 0 Å². The van der Waals surface area contributed by atoms with Crippen LogP contribution in [-0.2, 0) is 11.3 Å². The molecule has 1 amide bonds. The van der Waals surface area contributed by atoms with Gasteiger partial charge >= 0.3 is 0 Å². The molecular formula is C19H22ClNO2. The zero-order chi connectivity index (χ0) is 16.8. The van der Waals surface area contributed by atoms with Crippen LogP contribution < -0.4 is 10.1 Å². The fourth-order valence-electron chi connectivity index (χ4n) is 2.65. The smallest absolute Gasteiger partial charge is 0.228 e. The molecule has 0 aromatic heterocycles. The Morgan fingerprint density at radius 1 is 1.13 bits per heavy atom. The Hall–Kier alpha value is -2.00. The van der Waals surface area contributed by atoms with E-state index in [0.29, 0.717) is 11.6 Å². The van der Waals surface area contributed by atoms with Crippen molar-refractivity contribution in [1.29, 1.82) is 0 Å². The van der Waals surface area contributed by atoms with Crippen molar-refractivity contribution < 1.29 is 9.53 Å². The van der Waals surface area contributed by atoms with Gasteiger partial charge in [-0.3, -0.25) is 4.79 Å². The number of carbonyl (C=O) groups is 1. The largest absolute Gasteiger partial charge is 0.496 e. The highest BCUT2D eigenvalue weighted by Crippen LogP contribution is 2.26. The number of para-hydroxylation sites is 1. The number of halogens is 1. The summed E-state index contributed by atoms with van der Waals surface area (Å²) in [6.45, 7) is 4.53. The van der Waals surface area contributed by atoms with Crippen LogP contribution >= 0.6 is 11.6 Å². The molecular weight excluding hydrogens is 310 g/mol. The molecule has 0 unspecified atom stereocenters. The van der Waals surface area contributed by atoms with E-state index in [1.807, 2.05) is 62.4 Å². The molecule has 0 saturated heterocycles. The Morgan fingerprint density at radius 3 is 2.39 bits per heavy atom. The lowest BCUT2D eigenvalue weighted by Gasteiger charge is -2.21. The minimum absolute atomic E-state index is 0.00762. The first kappa shape index (κ1) is 17.4. The molecule has 2 aromatic rings. The molecule has 0 aliphatic carbocycles. The second-order valence-electron chi connectivity index (χ2n) is 5.80. The predicted molar refractivity (Wildman–Crippen MR) is 93.9 cm³/mol. The van der Waals surface area contributed by atoms with E-state index in [0.717, 1.165) is 16.9 Å². The summed E-state index contributed by atoms with van der Waals surface area (Å²) >= 11 is 5.94. The van der Waals surface area contributed by atoms with Gasteiger partial charge < -0.3 is 10.1 Å². The van der Waals surface area contributed by atoms with E-state index in [-0.39, 0.29) is 17.7 Å². The van der Waals surface area contributed by atoms with Gasteiger partial charge in [-0.15, -0.1) is 0 Å². The Labute approximate surface area is 142 Å². The second-order valence-corrected chi connectivity index (χ2v) is 6.24. The lowest BCUT2D eigenvalue weighted by molar-refractivity contribution is -0.123. The Kier molecular flexibility index (Phi) is 6.05. The van der Waals surface area contributed by atoms with Gasteiger partial charge in [0.15, 0.2) is 0 Å². The van der Waals surface area contributed by atoms with E-state index in [1.54, 1.807) is 7.11 Å². The minimum atomic E-state index is -0.207. The number of nitrogens with one attached hydrogen (secondary N) is 1. The van der Waals surface area contributed by atoms with Crippen LogP contribution in [0.4, 0.5) is 0 Å². The number of hydrogen-bond donors (Lipinski definition) is 1. The zero-order valence-electron chi connectivity index (χ0n) is 13.7. The van der Waals surface area contributed by atoms with Crippen molar-refractivity contribution in [2.45, 2.75) is 26.3 Å². The molecule has 4 heteroatoms. The van der Waals surface area contributed by atoms with Gasteiger partial charge in [0.2, 0.25) is 5.91 Å². The zero-order valence-corrected chi connectivity index (χ0v) is 14.4. The number of rotatable bonds is 6. The summed E-state index contributed by atoms with van der Waals surface area (Å²) in [7, 11) is 1.63. The van der Waals surface area contributed by atoms with Crippen molar-refractivity contribution in [3.8, 4) is 5.75 Å². The van der Waals surface area contributed by atoms with Crippen LogP contribution in [0.2, 0.25) is 5.02 Å². The average molecular weight is 332 g/mol. The van der Waals surface area contributed by atoms with Crippen LogP contribution in [0.3, 0.4) is 0 Å². The highest BCUT2D eigenvalue weighted by Gasteiger charge is 2.24. The van der Waals surface area contributed by atoms with Crippen LogP contribution in [0.5, 0.6) is 5.75 Å². The summed E-state index contributed by atoms with van der Waals surface area (Å²) in [6.07, 6.45) is 0. The quantitative estimate of drug-likeness (QED) is 0.851. The average Bonchev–Trinajstić information content (AvgIpc) is 2.55. The molecule has 0 aliphatic rings. The van der Waals surface area contributed by atoms with Gasteiger partial charge in [0.1, 0.15) is 5.75 Å². The molecule has 122 valence electrons. The first-order chi connectivity index (χ1) is 11.0. The van der Waals surface area contributed by atoms with Crippen molar-refractivity contribution in [1.82, 2.24) is 5.32 Å². The molecule has 1 atom stereocenters. The molecule has 0 saturated carbocycles. The fraction of sp³-hybridized carbons (Fsp3) is 0.316. The van der Waals surface area contributed by atoms with Gasteiger partial charge in [-0.2, -0.15) is 0 Å². The van der Waals surface area contributed by atoms with Gasteiger partial charge in [-0.25, -0.2) is 0 Å². The minimum Gasteiger partial charge on any atom is -0.496 e. The standard InChI is InChI=1S/C19H22ClNO2/c1-13(2)18(14-8-10-16(20)11-9-14)19(22)21-12-15-6-4-5-7-17(15)23-3/h4-11,13,18H,12H2,1-3H3,(H,21,22)/t18-/m1/s1. The van der Waals surface area contributed by atoms with Gasteiger partial charge in [-0.05, 0) is 29.7 Å². The number of hydrogen-bond acceptors (Lipinski definition) is 2. The molecule has 0 heterocycles. The summed E-state index contributed by atoms with van der Waals surface area (Å²) in [6, 6.07) is 15.1. The molecule has 2 aromatic carbocycles. The van der Waals surface area contributed by atoms with Crippen molar-refractivity contribution >= 4 is 17.5 Å².